The highest BCUT2D eigenvalue weighted by atomic mass is 16.5. The van der Waals surface area contributed by atoms with Gasteiger partial charge in [0.1, 0.15) is 11.5 Å². The number of hydrogen-bond acceptors (Lipinski definition) is 4. The Morgan fingerprint density at radius 1 is 1.12 bits per heavy atom. The van der Waals surface area contributed by atoms with Crippen LogP contribution in [0.15, 0.2) is 18.2 Å². The van der Waals surface area contributed by atoms with E-state index in [9.17, 15) is 4.79 Å². The van der Waals surface area contributed by atoms with Gasteiger partial charge in [-0.15, -0.1) is 0 Å². The van der Waals surface area contributed by atoms with E-state index in [-0.39, 0.29) is 17.4 Å². The fourth-order valence-corrected chi connectivity index (χ4v) is 4.32. The summed E-state index contributed by atoms with van der Waals surface area (Å²) in [5, 5.41) is 0. The Morgan fingerprint density at radius 2 is 1.79 bits per heavy atom. The molecule has 1 saturated heterocycles. The van der Waals surface area contributed by atoms with Crippen molar-refractivity contribution in [2.24, 2.45) is 5.41 Å². The first-order chi connectivity index (χ1) is 11.5. The van der Waals surface area contributed by atoms with Crippen molar-refractivity contribution < 1.29 is 19.0 Å². The second-order valence-electron chi connectivity index (χ2n) is 7.16. The average molecular weight is 333 g/mol. The van der Waals surface area contributed by atoms with Crippen LogP contribution in [0.3, 0.4) is 0 Å². The maximum Gasteiger partial charge on any atom is 0.254 e. The van der Waals surface area contributed by atoms with Crippen LogP contribution in [-0.4, -0.2) is 50.8 Å². The van der Waals surface area contributed by atoms with E-state index in [4.69, 9.17) is 14.2 Å². The van der Waals surface area contributed by atoms with Gasteiger partial charge in [0.25, 0.3) is 5.91 Å². The topological polar surface area (TPSA) is 48.0 Å². The van der Waals surface area contributed by atoms with Gasteiger partial charge >= 0.3 is 0 Å². The molecule has 1 saturated carbocycles. The molecule has 0 aromatic heterocycles. The van der Waals surface area contributed by atoms with Gasteiger partial charge in [0, 0.05) is 31.3 Å². The number of nitrogens with zero attached hydrogens (tertiary/aromatic N) is 1. The molecule has 2 aliphatic rings. The molecule has 3 rings (SSSR count). The zero-order valence-electron chi connectivity index (χ0n) is 15.0. The van der Waals surface area contributed by atoms with Gasteiger partial charge in [-0.05, 0) is 43.2 Å². The number of carbonyl (C=O) groups excluding carboxylic acids is 1. The van der Waals surface area contributed by atoms with Crippen molar-refractivity contribution in [3.8, 4) is 11.5 Å². The summed E-state index contributed by atoms with van der Waals surface area (Å²) in [6.45, 7) is 3.10. The van der Waals surface area contributed by atoms with Crippen molar-refractivity contribution in [1.82, 2.24) is 4.90 Å². The summed E-state index contributed by atoms with van der Waals surface area (Å²) in [7, 11) is 4.98. The van der Waals surface area contributed by atoms with E-state index in [1.807, 2.05) is 4.90 Å². The summed E-state index contributed by atoms with van der Waals surface area (Å²) in [5.74, 6) is 1.35. The van der Waals surface area contributed by atoms with Crippen molar-refractivity contribution in [2.75, 3.05) is 27.9 Å². The molecular weight excluding hydrogens is 306 g/mol. The van der Waals surface area contributed by atoms with Gasteiger partial charge in [-0.3, -0.25) is 4.79 Å². The molecule has 1 aromatic carbocycles. The van der Waals surface area contributed by atoms with Gasteiger partial charge in [-0.25, -0.2) is 0 Å². The van der Waals surface area contributed by atoms with E-state index >= 15 is 0 Å². The number of likely N-dealkylation sites (tertiary alicyclic amines) is 1. The van der Waals surface area contributed by atoms with E-state index in [1.54, 1.807) is 39.5 Å². The lowest BCUT2D eigenvalue weighted by atomic mass is 9.71. The van der Waals surface area contributed by atoms with Gasteiger partial charge in [0.15, 0.2) is 0 Å². The summed E-state index contributed by atoms with van der Waals surface area (Å²) < 4.78 is 16.2. The molecule has 1 heterocycles. The van der Waals surface area contributed by atoms with Crippen molar-refractivity contribution >= 4 is 5.91 Å². The fourth-order valence-electron chi connectivity index (χ4n) is 4.32. The molecule has 1 aromatic rings. The summed E-state index contributed by atoms with van der Waals surface area (Å²) in [4.78, 5) is 15.2. The molecule has 1 aliphatic carbocycles. The Balaban J connectivity index is 1.84. The predicted octanol–water partition coefficient (Wildman–Crippen LogP) is 3.12. The van der Waals surface area contributed by atoms with Gasteiger partial charge in [0.2, 0.25) is 0 Å². The van der Waals surface area contributed by atoms with Gasteiger partial charge in [-0.2, -0.15) is 0 Å². The molecule has 0 spiro atoms. The number of methoxy groups -OCH3 is 3. The maximum atomic E-state index is 13.1. The monoisotopic (exact) mass is 333 g/mol. The van der Waals surface area contributed by atoms with Crippen LogP contribution in [-0.2, 0) is 4.74 Å². The number of ether oxygens (including phenoxy) is 3. The van der Waals surface area contributed by atoms with Crippen LogP contribution < -0.4 is 9.47 Å². The Kier molecular flexibility index (Phi) is 4.72. The molecule has 1 amide bonds. The first-order valence-electron chi connectivity index (χ1n) is 8.57. The number of benzene rings is 1. The van der Waals surface area contributed by atoms with Crippen molar-refractivity contribution in [1.29, 1.82) is 0 Å². The summed E-state index contributed by atoms with van der Waals surface area (Å²) in [5.41, 5.74) is 0.779. The number of amides is 1. The molecule has 0 N–H and O–H groups in total. The SMILES string of the molecule is COc1cc(OC)cc(C(=O)N2CC[C@@]3(C)C[C@H](OC)CC[C@@H]23)c1. The average Bonchev–Trinajstić information content (AvgIpc) is 2.96. The van der Waals surface area contributed by atoms with Gasteiger partial charge < -0.3 is 19.1 Å². The third-order valence-corrected chi connectivity index (χ3v) is 5.75. The lowest BCUT2D eigenvalue weighted by molar-refractivity contribution is -0.00277. The molecule has 1 aliphatic heterocycles. The third kappa shape index (κ3) is 2.97. The smallest absolute Gasteiger partial charge is 0.254 e. The van der Waals surface area contributed by atoms with Gasteiger partial charge in [0.05, 0.1) is 20.3 Å². The van der Waals surface area contributed by atoms with Crippen molar-refractivity contribution in [3.63, 3.8) is 0 Å². The maximum absolute atomic E-state index is 13.1. The van der Waals surface area contributed by atoms with Crippen LogP contribution in [0.4, 0.5) is 0 Å². The van der Waals surface area contributed by atoms with E-state index in [0.717, 1.165) is 32.2 Å². The molecule has 0 bridgehead atoms. The van der Waals surface area contributed by atoms with E-state index in [2.05, 4.69) is 6.92 Å². The number of fused-ring (bicyclic) bond motifs is 1. The minimum Gasteiger partial charge on any atom is -0.497 e. The molecular formula is C19H27NO4. The summed E-state index contributed by atoms with van der Waals surface area (Å²) >= 11 is 0. The highest BCUT2D eigenvalue weighted by Gasteiger charge is 2.49. The standard InChI is InChI=1S/C19H27NO4/c1-19-7-8-20(17(19)6-5-14(12-19)22-2)18(21)13-9-15(23-3)11-16(10-13)24-4/h9-11,14,17H,5-8,12H2,1-4H3/t14-,17-,19+/m1/s1. The molecule has 2 fully saturated rings. The van der Waals surface area contributed by atoms with E-state index in [0.29, 0.717) is 23.2 Å². The number of hydrogen-bond donors (Lipinski definition) is 0. The lowest BCUT2D eigenvalue weighted by Gasteiger charge is -2.42. The Labute approximate surface area is 143 Å². The van der Waals surface area contributed by atoms with Crippen LogP contribution in [0.2, 0.25) is 0 Å². The first kappa shape index (κ1) is 17.1. The largest absolute Gasteiger partial charge is 0.497 e. The molecule has 0 radical (unpaired) electrons. The zero-order chi connectivity index (χ0) is 17.3. The Morgan fingerprint density at radius 3 is 2.38 bits per heavy atom. The fraction of sp³-hybridized carbons (Fsp3) is 0.632. The van der Waals surface area contributed by atoms with Crippen LogP contribution in [0.5, 0.6) is 11.5 Å². The number of carbonyl (C=O) groups is 1. The zero-order valence-corrected chi connectivity index (χ0v) is 15.0. The second kappa shape index (κ2) is 6.63. The minimum atomic E-state index is 0.0665. The van der Waals surface area contributed by atoms with Crippen LogP contribution >= 0.6 is 0 Å². The highest BCUT2D eigenvalue weighted by Crippen LogP contribution is 2.47. The summed E-state index contributed by atoms with van der Waals surface area (Å²) in [6.07, 6.45) is 4.39. The quantitative estimate of drug-likeness (QED) is 0.849. The van der Waals surface area contributed by atoms with Crippen LogP contribution in [0.25, 0.3) is 0 Å². The minimum absolute atomic E-state index is 0.0665. The third-order valence-electron chi connectivity index (χ3n) is 5.75. The lowest BCUT2D eigenvalue weighted by Crippen LogP contribution is -2.46. The van der Waals surface area contributed by atoms with Crippen molar-refractivity contribution in [2.45, 2.75) is 44.8 Å². The normalized spacial score (nSPS) is 29.2. The van der Waals surface area contributed by atoms with Crippen LogP contribution in [0.1, 0.15) is 43.0 Å². The number of rotatable bonds is 4. The summed E-state index contributed by atoms with van der Waals surface area (Å²) in [6, 6.07) is 5.66. The molecule has 132 valence electrons. The van der Waals surface area contributed by atoms with Crippen LogP contribution in [0, 0.1) is 5.41 Å². The first-order valence-corrected chi connectivity index (χ1v) is 8.57. The van der Waals surface area contributed by atoms with Gasteiger partial charge in [-0.1, -0.05) is 6.92 Å². The second-order valence-corrected chi connectivity index (χ2v) is 7.16. The molecule has 3 atom stereocenters. The van der Waals surface area contributed by atoms with Crippen molar-refractivity contribution in [3.05, 3.63) is 23.8 Å². The Bertz CT molecular complexity index is 595. The molecule has 0 unspecified atom stereocenters. The Hall–Kier alpha value is -1.75. The molecule has 5 nitrogen and oxygen atoms in total. The highest BCUT2D eigenvalue weighted by molar-refractivity contribution is 5.95. The molecule has 5 heteroatoms. The predicted molar refractivity (Wildman–Crippen MR) is 91.7 cm³/mol. The molecule has 24 heavy (non-hydrogen) atoms. The van der Waals surface area contributed by atoms with E-state index < -0.39 is 0 Å². The van der Waals surface area contributed by atoms with E-state index in [1.165, 1.54) is 0 Å².